The predicted octanol–water partition coefficient (Wildman–Crippen LogP) is 4.77. The summed E-state index contributed by atoms with van der Waals surface area (Å²) in [7, 11) is -3.45. The normalized spacial score (nSPS) is 19.0. The van der Waals surface area contributed by atoms with Gasteiger partial charge < -0.3 is 9.80 Å². The number of hydrogen-bond acceptors (Lipinski definition) is 4. The number of carbonyl (C=O) groups is 2. The number of hydrogen-bond donors (Lipinski definition) is 0. The first-order valence-electron chi connectivity index (χ1n) is 12.9. The molecule has 200 valence electrons. The molecule has 0 N–H and O–H groups in total. The summed E-state index contributed by atoms with van der Waals surface area (Å²) < 4.78 is 23.9. The molecule has 0 aliphatic carbocycles. The first kappa shape index (κ1) is 27.0. The molecule has 0 bridgehead atoms. The van der Waals surface area contributed by atoms with Crippen molar-refractivity contribution in [3.8, 4) is 11.8 Å². The number of rotatable bonds is 3. The molecule has 2 atom stereocenters. The van der Waals surface area contributed by atoms with E-state index in [4.69, 9.17) is 11.6 Å². The van der Waals surface area contributed by atoms with E-state index in [1.807, 2.05) is 59.5 Å². The van der Waals surface area contributed by atoms with Crippen LogP contribution >= 0.6 is 11.6 Å². The average molecular weight is 561 g/mol. The van der Waals surface area contributed by atoms with Crippen molar-refractivity contribution >= 4 is 33.3 Å². The fraction of sp³-hybridized carbons (Fsp3) is 0.290. The van der Waals surface area contributed by atoms with E-state index in [1.165, 1.54) is 18.2 Å². The molecule has 5 rings (SSSR count). The number of amides is 2. The van der Waals surface area contributed by atoms with Crippen molar-refractivity contribution in [2.75, 3.05) is 32.4 Å². The highest BCUT2D eigenvalue weighted by molar-refractivity contribution is 7.90. The molecule has 6 nitrogen and oxygen atoms in total. The van der Waals surface area contributed by atoms with E-state index in [1.54, 1.807) is 4.90 Å². The molecule has 2 heterocycles. The first-order chi connectivity index (χ1) is 18.7. The maximum atomic E-state index is 13.3. The standard InChI is InChI=1S/C31H29ClN2O4S/c1-39(37,38)27-13-14-29(32)28(19-27)31(36)33-17-15-25-20-34(21-26(25)16-18-33)30(35)24-11-9-23(10-12-24)8-7-22-5-3-2-4-6-22/h2-6,9-14,19,25-26H,15-18,20-21H2,1H3/t25-,26+. The van der Waals surface area contributed by atoms with Crippen LogP contribution in [0, 0.1) is 23.7 Å². The lowest BCUT2D eigenvalue weighted by Gasteiger charge is -2.23. The second kappa shape index (κ2) is 11.3. The number of likely N-dealkylation sites (tertiary alicyclic amines) is 2. The van der Waals surface area contributed by atoms with Crippen LogP contribution in [0.3, 0.4) is 0 Å². The molecule has 2 saturated heterocycles. The van der Waals surface area contributed by atoms with Gasteiger partial charge in [-0.05, 0) is 79.3 Å². The molecule has 39 heavy (non-hydrogen) atoms. The summed E-state index contributed by atoms with van der Waals surface area (Å²) in [5.41, 5.74) is 2.65. The third-order valence-electron chi connectivity index (χ3n) is 7.54. The maximum absolute atomic E-state index is 13.3. The highest BCUT2D eigenvalue weighted by Crippen LogP contribution is 2.33. The van der Waals surface area contributed by atoms with Crippen molar-refractivity contribution in [2.45, 2.75) is 17.7 Å². The molecule has 0 radical (unpaired) electrons. The van der Waals surface area contributed by atoms with Crippen LogP contribution in [0.25, 0.3) is 0 Å². The van der Waals surface area contributed by atoms with Gasteiger partial charge in [0, 0.05) is 49.1 Å². The Balaban J connectivity index is 1.20. The van der Waals surface area contributed by atoms with E-state index >= 15 is 0 Å². The predicted molar refractivity (Wildman–Crippen MR) is 151 cm³/mol. The fourth-order valence-corrected chi connectivity index (χ4v) is 6.18. The highest BCUT2D eigenvalue weighted by atomic mass is 35.5. The van der Waals surface area contributed by atoms with Gasteiger partial charge in [0.2, 0.25) is 0 Å². The molecule has 0 unspecified atom stereocenters. The van der Waals surface area contributed by atoms with E-state index in [-0.39, 0.29) is 27.3 Å². The molecule has 8 heteroatoms. The summed E-state index contributed by atoms with van der Waals surface area (Å²) >= 11 is 6.27. The van der Waals surface area contributed by atoms with E-state index < -0.39 is 9.84 Å². The summed E-state index contributed by atoms with van der Waals surface area (Å²) in [4.78, 5) is 30.2. The molecule has 2 aliphatic rings. The van der Waals surface area contributed by atoms with Crippen molar-refractivity contribution in [3.63, 3.8) is 0 Å². The van der Waals surface area contributed by atoms with Crippen LogP contribution in [0.5, 0.6) is 0 Å². The van der Waals surface area contributed by atoms with Gasteiger partial charge in [-0.2, -0.15) is 0 Å². The third kappa shape index (κ3) is 6.19. The fourth-order valence-electron chi connectivity index (χ4n) is 5.33. The highest BCUT2D eigenvalue weighted by Gasteiger charge is 2.38. The third-order valence-corrected chi connectivity index (χ3v) is 8.98. The van der Waals surface area contributed by atoms with Gasteiger partial charge in [0.05, 0.1) is 15.5 Å². The van der Waals surface area contributed by atoms with E-state index in [9.17, 15) is 18.0 Å². The van der Waals surface area contributed by atoms with Gasteiger partial charge in [0.1, 0.15) is 0 Å². The van der Waals surface area contributed by atoms with Crippen LogP contribution < -0.4 is 0 Å². The topological polar surface area (TPSA) is 74.8 Å². The van der Waals surface area contributed by atoms with Crippen LogP contribution in [-0.2, 0) is 9.84 Å². The van der Waals surface area contributed by atoms with Gasteiger partial charge in [-0.3, -0.25) is 9.59 Å². The molecule has 0 saturated carbocycles. The van der Waals surface area contributed by atoms with Crippen molar-refractivity contribution in [1.29, 1.82) is 0 Å². The average Bonchev–Trinajstić information content (AvgIpc) is 3.24. The number of carbonyl (C=O) groups excluding carboxylic acids is 2. The van der Waals surface area contributed by atoms with Crippen molar-refractivity contribution in [1.82, 2.24) is 9.80 Å². The van der Waals surface area contributed by atoms with Crippen molar-refractivity contribution < 1.29 is 18.0 Å². The van der Waals surface area contributed by atoms with Crippen LogP contribution in [0.1, 0.15) is 44.7 Å². The van der Waals surface area contributed by atoms with E-state index in [0.717, 1.165) is 30.2 Å². The smallest absolute Gasteiger partial charge is 0.255 e. The Morgan fingerprint density at radius 3 is 1.97 bits per heavy atom. The maximum Gasteiger partial charge on any atom is 0.255 e. The summed E-state index contributed by atoms with van der Waals surface area (Å²) in [5.74, 6) is 6.64. The number of nitrogens with zero attached hydrogens (tertiary/aromatic N) is 2. The Kier molecular flexibility index (Phi) is 7.79. The lowest BCUT2D eigenvalue weighted by molar-refractivity contribution is 0.0734. The lowest BCUT2D eigenvalue weighted by atomic mass is 9.92. The molecule has 3 aromatic rings. The minimum absolute atomic E-state index is 0.0166. The van der Waals surface area contributed by atoms with E-state index in [0.29, 0.717) is 43.6 Å². The molecule has 2 fully saturated rings. The molecule has 2 aliphatic heterocycles. The summed E-state index contributed by atoms with van der Waals surface area (Å²) in [5, 5.41) is 0.241. The Morgan fingerprint density at radius 1 is 0.795 bits per heavy atom. The molecule has 3 aromatic carbocycles. The summed E-state index contributed by atoms with van der Waals surface area (Å²) in [6.45, 7) is 2.39. The SMILES string of the molecule is CS(=O)(=O)c1ccc(Cl)c(C(=O)N2CC[C@@H]3CN(C(=O)c4ccc(C#Cc5ccccc5)cc4)C[C@@H]3CC2)c1. The number of halogens is 1. The zero-order valence-electron chi connectivity index (χ0n) is 21.6. The second-order valence-corrected chi connectivity index (χ2v) is 12.6. The Labute approximate surface area is 234 Å². The van der Waals surface area contributed by atoms with Gasteiger partial charge in [-0.1, -0.05) is 41.6 Å². The van der Waals surface area contributed by atoms with Crippen LogP contribution in [-0.4, -0.2) is 62.5 Å². The van der Waals surface area contributed by atoms with Gasteiger partial charge >= 0.3 is 0 Å². The van der Waals surface area contributed by atoms with Crippen LogP contribution in [0.15, 0.2) is 77.7 Å². The Hall–Kier alpha value is -3.60. The molecule has 0 spiro atoms. The number of benzene rings is 3. The monoisotopic (exact) mass is 560 g/mol. The first-order valence-corrected chi connectivity index (χ1v) is 15.2. The van der Waals surface area contributed by atoms with Crippen LogP contribution in [0.2, 0.25) is 5.02 Å². The number of fused-ring (bicyclic) bond motifs is 1. The van der Waals surface area contributed by atoms with E-state index in [2.05, 4.69) is 11.8 Å². The van der Waals surface area contributed by atoms with Crippen molar-refractivity contribution in [3.05, 3.63) is 100 Å². The number of sulfone groups is 1. The lowest BCUT2D eigenvalue weighted by Crippen LogP contribution is -2.34. The second-order valence-electron chi connectivity index (χ2n) is 10.2. The minimum Gasteiger partial charge on any atom is -0.339 e. The van der Waals surface area contributed by atoms with Crippen LogP contribution in [0.4, 0.5) is 0 Å². The summed E-state index contributed by atoms with van der Waals surface area (Å²) in [6, 6.07) is 21.4. The van der Waals surface area contributed by atoms with Gasteiger partial charge in [0.15, 0.2) is 9.84 Å². The molecular weight excluding hydrogens is 532 g/mol. The molecule has 2 amide bonds. The zero-order chi connectivity index (χ0) is 27.6. The summed E-state index contributed by atoms with van der Waals surface area (Å²) in [6.07, 6.45) is 2.66. The van der Waals surface area contributed by atoms with Gasteiger partial charge in [-0.15, -0.1) is 0 Å². The van der Waals surface area contributed by atoms with Gasteiger partial charge in [0.25, 0.3) is 11.8 Å². The molecule has 0 aromatic heterocycles. The van der Waals surface area contributed by atoms with Gasteiger partial charge in [-0.25, -0.2) is 8.42 Å². The Bertz CT molecular complexity index is 1540. The minimum atomic E-state index is -3.45. The zero-order valence-corrected chi connectivity index (χ0v) is 23.2. The largest absolute Gasteiger partial charge is 0.339 e. The molecular formula is C31H29ClN2O4S. The quantitative estimate of drug-likeness (QED) is 0.433. The van der Waals surface area contributed by atoms with Crippen molar-refractivity contribution in [2.24, 2.45) is 11.8 Å². The Morgan fingerprint density at radius 2 is 1.38 bits per heavy atom.